The summed E-state index contributed by atoms with van der Waals surface area (Å²) in [6.45, 7) is 1.74. The van der Waals surface area contributed by atoms with Crippen LogP contribution in [0, 0.1) is 0 Å². The van der Waals surface area contributed by atoms with E-state index in [0.29, 0.717) is 12.8 Å². The third kappa shape index (κ3) is 30.7. The molecule has 3 aliphatic heterocycles. The predicted molar refractivity (Wildman–Crippen MR) is 319 cm³/mol. The molecule has 3 aliphatic rings. The standard InChI is InChI=1S/C64H123NO18/c1-3-5-7-9-11-12-13-14-15-16-17-18-19-20-21-22-23-24-25-26-27-28-29-30-31-32-33-34-35-36-37-39-41-48(69)47(65-52(70)42-40-38-10-8-6-4-2)46-78-62-58(76)55(73)60(50(44-67)80-62)83-64-59(77)56(74)61(51(45-68)81-64)82-63-57(75)54(72)53(71)49(43-66)79-63/h47-51,53-64,66-69,71-77H,3-46H2,1-2H3,(H,65,70). The second-order valence-electron chi connectivity index (χ2n) is 24.7. The Morgan fingerprint density at radius 1 is 0.386 bits per heavy atom. The SMILES string of the molecule is CCCCCCCCCCCCCCCCCCCCCCCCCCCCCCCCCCC(O)C(COC1OC(CO)C(OC2OC(CO)C(OC3OC(CO)C(O)C(O)C3O)C(O)C2O)C(O)C1O)NC(=O)CCCCCCCC. The van der Waals surface area contributed by atoms with Gasteiger partial charge in [-0.25, -0.2) is 0 Å². The number of aliphatic hydroxyl groups is 11. The molecule has 0 bridgehead atoms. The van der Waals surface area contributed by atoms with Crippen LogP contribution in [0.25, 0.3) is 0 Å². The minimum atomic E-state index is -1.97. The number of aliphatic hydroxyl groups excluding tert-OH is 11. The van der Waals surface area contributed by atoms with E-state index in [9.17, 15) is 61.0 Å². The van der Waals surface area contributed by atoms with Gasteiger partial charge in [-0.15, -0.1) is 0 Å². The van der Waals surface area contributed by atoms with Crippen molar-refractivity contribution in [3.8, 4) is 0 Å². The lowest BCUT2D eigenvalue weighted by molar-refractivity contribution is -0.379. The predicted octanol–water partition coefficient (Wildman–Crippen LogP) is 7.94. The topological polar surface area (TPSA) is 307 Å². The molecule has 17 unspecified atom stereocenters. The van der Waals surface area contributed by atoms with Gasteiger partial charge in [-0.2, -0.15) is 0 Å². The van der Waals surface area contributed by atoms with E-state index in [1.807, 2.05) is 0 Å². The monoisotopic (exact) mass is 1190 g/mol. The summed E-state index contributed by atoms with van der Waals surface area (Å²) >= 11 is 0. The molecule has 12 N–H and O–H groups in total. The Morgan fingerprint density at radius 2 is 0.687 bits per heavy atom. The quantitative estimate of drug-likeness (QED) is 0.0257. The Kier molecular flexibility index (Phi) is 43.7. The van der Waals surface area contributed by atoms with Gasteiger partial charge in [0, 0.05) is 6.42 Å². The fraction of sp³-hybridized carbons (Fsp3) is 0.984. The summed E-state index contributed by atoms with van der Waals surface area (Å²) in [6, 6.07) is -0.878. The van der Waals surface area contributed by atoms with Crippen LogP contribution in [0.5, 0.6) is 0 Å². The van der Waals surface area contributed by atoms with Crippen molar-refractivity contribution in [1.29, 1.82) is 0 Å². The fourth-order valence-corrected chi connectivity index (χ4v) is 11.9. The molecule has 19 nitrogen and oxygen atoms in total. The van der Waals surface area contributed by atoms with Crippen LogP contribution in [0.4, 0.5) is 0 Å². The lowest BCUT2D eigenvalue weighted by Gasteiger charge is -2.48. The maximum Gasteiger partial charge on any atom is 0.220 e. The van der Waals surface area contributed by atoms with E-state index >= 15 is 0 Å². The molecule has 492 valence electrons. The molecule has 3 saturated heterocycles. The maximum absolute atomic E-state index is 13.2. The van der Waals surface area contributed by atoms with Gasteiger partial charge in [0.15, 0.2) is 18.9 Å². The zero-order chi connectivity index (χ0) is 60.5. The molecule has 1 amide bonds. The number of unbranched alkanes of at least 4 members (excludes halogenated alkanes) is 36. The first kappa shape index (κ1) is 76.0. The number of hydrogen-bond acceptors (Lipinski definition) is 18. The highest BCUT2D eigenvalue weighted by atomic mass is 16.8. The molecule has 0 aromatic heterocycles. The summed E-state index contributed by atoms with van der Waals surface area (Å²) in [5.41, 5.74) is 0. The van der Waals surface area contributed by atoms with E-state index in [-0.39, 0.29) is 18.9 Å². The highest BCUT2D eigenvalue weighted by Gasteiger charge is 2.53. The maximum atomic E-state index is 13.2. The van der Waals surface area contributed by atoms with E-state index in [1.54, 1.807) is 0 Å². The molecule has 17 atom stereocenters. The molecule has 0 aromatic carbocycles. The van der Waals surface area contributed by atoms with Crippen LogP contribution >= 0.6 is 0 Å². The molecule has 0 radical (unpaired) electrons. The second-order valence-corrected chi connectivity index (χ2v) is 24.7. The Bertz CT molecular complexity index is 1520. The molecule has 0 aromatic rings. The minimum Gasteiger partial charge on any atom is -0.394 e. The van der Waals surface area contributed by atoms with Gasteiger partial charge in [0.2, 0.25) is 5.91 Å². The molecule has 3 rings (SSSR count). The number of rotatable bonds is 52. The first-order valence-electron chi connectivity index (χ1n) is 33.8. The molecule has 19 heteroatoms. The summed E-state index contributed by atoms with van der Waals surface area (Å²) in [6.07, 6.45) is 22.8. The van der Waals surface area contributed by atoms with Crippen molar-refractivity contribution in [3.63, 3.8) is 0 Å². The Balaban J connectivity index is 1.30. The molecular weight excluding hydrogens is 1070 g/mol. The Labute approximate surface area is 500 Å². The zero-order valence-electron chi connectivity index (χ0n) is 51.7. The van der Waals surface area contributed by atoms with Crippen LogP contribution in [0.2, 0.25) is 0 Å². The number of carbonyl (C=O) groups is 1. The van der Waals surface area contributed by atoms with Crippen molar-refractivity contribution >= 4 is 5.91 Å². The third-order valence-corrected chi connectivity index (χ3v) is 17.4. The van der Waals surface area contributed by atoms with Crippen molar-refractivity contribution in [1.82, 2.24) is 5.32 Å². The van der Waals surface area contributed by atoms with Gasteiger partial charge in [0.05, 0.1) is 38.6 Å². The zero-order valence-corrected chi connectivity index (χ0v) is 51.7. The van der Waals surface area contributed by atoms with E-state index in [2.05, 4.69) is 19.2 Å². The van der Waals surface area contributed by atoms with E-state index in [0.717, 1.165) is 57.8 Å². The molecule has 83 heavy (non-hydrogen) atoms. The average molecular weight is 1190 g/mol. The first-order chi connectivity index (χ1) is 40.3. The fourth-order valence-electron chi connectivity index (χ4n) is 11.9. The van der Waals surface area contributed by atoms with Crippen molar-refractivity contribution in [2.75, 3.05) is 26.4 Å². The average Bonchev–Trinajstić information content (AvgIpc) is 3.25. The van der Waals surface area contributed by atoms with Gasteiger partial charge in [-0.3, -0.25) is 4.79 Å². The summed E-state index contributed by atoms with van der Waals surface area (Å²) < 4.78 is 34.2. The summed E-state index contributed by atoms with van der Waals surface area (Å²) in [5.74, 6) is -0.249. The first-order valence-corrected chi connectivity index (χ1v) is 33.8. The highest BCUT2D eigenvalue weighted by molar-refractivity contribution is 5.76. The lowest BCUT2D eigenvalue weighted by Crippen LogP contribution is -2.66. The van der Waals surface area contributed by atoms with Crippen molar-refractivity contribution < 1.29 is 89.4 Å². The van der Waals surface area contributed by atoms with Gasteiger partial charge >= 0.3 is 0 Å². The molecule has 0 spiro atoms. The molecule has 3 fully saturated rings. The Hall–Kier alpha value is -1.21. The lowest BCUT2D eigenvalue weighted by atomic mass is 9.96. The van der Waals surface area contributed by atoms with Crippen molar-refractivity contribution in [3.05, 3.63) is 0 Å². The van der Waals surface area contributed by atoms with Crippen molar-refractivity contribution in [2.45, 2.75) is 375 Å². The molecular formula is C64H123NO18. The van der Waals surface area contributed by atoms with E-state index in [4.69, 9.17) is 28.4 Å². The summed E-state index contributed by atoms with van der Waals surface area (Å²) in [7, 11) is 0. The number of hydrogen-bond donors (Lipinski definition) is 12. The van der Waals surface area contributed by atoms with Gasteiger partial charge in [-0.1, -0.05) is 251 Å². The van der Waals surface area contributed by atoms with Crippen LogP contribution in [-0.4, -0.2) is 193 Å². The van der Waals surface area contributed by atoms with Crippen molar-refractivity contribution in [2.24, 2.45) is 0 Å². The van der Waals surface area contributed by atoms with E-state index in [1.165, 1.54) is 180 Å². The molecule has 3 heterocycles. The van der Waals surface area contributed by atoms with Gasteiger partial charge in [-0.05, 0) is 12.8 Å². The smallest absolute Gasteiger partial charge is 0.220 e. The number of nitrogens with one attached hydrogen (secondary N) is 1. The summed E-state index contributed by atoms with van der Waals surface area (Å²) in [5, 5.41) is 120. The van der Waals surface area contributed by atoms with Gasteiger partial charge in [0.1, 0.15) is 73.2 Å². The largest absolute Gasteiger partial charge is 0.394 e. The highest BCUT2D eigenvalue weighted by Crippen LogP contribution is 2.33. The third-order valence-electron chi connectivity index (χ3n) is 17.4. The van der Waals surface area contributed by atoms with E-state index < -0.39 is 124 Å². The van der Waals surface area contributed by atoms with Crippen LogP contribution in [-0.2, 0) is 33.2 Å². The van der Waals surface area contributed by atoms with Crippen LogP contribution < -0.4 is 5.32 Å². The number of ether oxygens (including phenoxy) is 6. The van der Waals surface area contributed by atoms with Crippen LogP contribution in [0.1, 0.15) is 271 Å². The second kappa shape index (κ2) is 47.7. The number of amides is 1. The number of carbonyl (C=O) groups excluding carboxylic acids is 1. The normalized spacial score (nSPS) is 29.3. The van der Waals surface area contributed by atoms with Crippen LogP contribution in [0.3, 0.4) is 0 Å². The van der Waals surface area contributed by atoms with Gasteiger partial charge in [0.25, 0.3) is 0 Å². The molecule has 0 saturated carbocycles. The van der Waals surface area contributed by atoms with Crippen LogP contribution in [0.15, 0.2) is 0 Å². The Morgan fingerprint density at radius 3 is 1.05 bits per heavy atom. The summed E-state index contributed by atoms with van der Waals surface area (Å²) in [4.78, 5) is 13.2. The molecule has 0 aliphatic carbocycles. The van der Waals surface area contributed by atoms with Gasteiger partial charge < -0.3 is 89.9 Å². The minimum absolute atomic E-state index is 0.249.